The summed E-state index contributed by atoms with van der Waals surface area (Å²) in [6, 6.07) is 0. The molecular weight excluding hydrogens is 152 g/mol. The molecular formula is C10H20S. The predicted molar refractivity (Wildman–Crippen MR) is 56.0 cm³/mol. The summed E-state index contributed by atoms with van der Waals surface area (Å²) in [6.07, 6.45) is 9.07. The molecule has 0 heterocycles. The van der Waals surface area contributed by atoms with Crippen LogP contribution in [0.4, 0.5) is 0 Å². The van der Waals surface area contributed by atoms with E-state index in [-0.39, 0.29) is 0 Å². The van der Waals surface area contributed by atoms with Gasteiger partial charge in [-0.15, -0.1) is 11.8 Å². The average Bonchev–Trinajstić information content (AvgIpc) is 2.03. The lowest BCUT2D eigenvalue weighted by Gasteiger charge is -1.93. The second kappa shape index (κ2) is 10.1. The number of hydrogen-bond acceptors (Lipinski definition) is 1. The zero-order valence-corrected chi connectivity index (χ0v) is 8.62. The number of thioether (sulfide) groups is 1. The standard InChI is InChI=1S/C10H20S/c1-3-5-6-7-8-9-10-11-4-2/h9-10H,3-8H2,1-2H3/b10-9-. The van der Waals surface area contributed by atoms with E-state index in [0.717, 1.165) is 0 Å². The van der Waals surface area contributed by atoms with Gasteiger partial charge in [0.25, 0.3) is 0 Å². The molecule has 0 radical (unpaired) electrons. The van der Waals surface area contributed by atoms with Crippen molar-refractivity contribution in [1.82, 2.24) is 0 Å². The molecule has 0 N–H and O–H groups in total. The zero-order chi connectivity index (χ0) is 8.36. The Hall–Kier alpha value is 0.0900. The van der Waals surface area contributed by atoms with E-state index in [4.69, 9.17) is 0 Å². The molecule has 0 saturated heterocycles. The van der Waals surface area contributed by atoms with Crippen LogP contribution >= 0.6 is 11.8 Å². The van der Waals surface area contributed by atoms with Gasteiger partial charge >= 0.3 is 0 Å². The molecule has 0 spiro atoms. The minimum absolute atomic E-state index is 1.20. The fourth-order valence-electron chi connectivity index (χ4n) is 0.921. The fraction of sp³-hybridized carbons (Fsp3) is 0.800. The maximum absolute atomic E-state index is 2.30. The number of allylic oxidation sites excluding steroid dienone is 1. The van der Waals surface area contributed by atoms with E-state index in [1.807, 2.05) is 11.8 Å². The largest absolute Gasteiger partial charge is 0.135 e. The third kappa shape index (κ3) is 10.1. The molecule has 0 aromatic rings. The minimum atomic E-state index is 1.20. The molecule has 0 rings (SSSR count). The van der Waals surface area contributed by atoms with Crippen molar-refractivity contribution in [3.63, 3.8) is 0 Å². The van der Waals surface area contributed by atoms with E-state index in [2.05, 4.69) is 25.3 Å². The van der Waals surface area contributed by atoms with Crippen molar-refractivity contribution in [3.05, 3.63) is 11.5 Å². The normalized spacial score (nSPS) is 11.1. The number of hydrogen-bond donors (Lipinski definition) is 0. The lowest BCUT2D eigenvalue weighted by atomic mass is 10.2. The summed E-state index contributed by atoms with van der Waals surface area (Å²) in [4.78, 5) is 0. The van der Waals surface area contributed by atoms with Crippen LogP contribution in [0.25, 0.3) is 0 Å². The molecule has 1 heteroatoms. The van der Waals surface area contributed by atoms with Crippen LogP contribution in [0.5, 0.6) is 0 Å². The molecule has 0 unspecified atom stereocenters. The molecule has 0 atom stereocenters. The van der Waals surface area contributed by atoms with Gasteiger partial charge in [0, 0.05) is 0 Å². The van der Waals surface area contributed by atoms with Crippen LogP contribution < -0.4 is 0 Å². The van der Waals surface area contributed by atoms with Crippen molar-refractivity contribution in [2.45, 2.75) is 46.0 Å². The van der Waals surface area contributed by atoms with E-state index in [1.54, 1.807) is 0 Å². The molecule has 0 aliphatic heterocycles. The first-order valence-corrected chi connectivity index (χ1v) is 5.73. The van der Waals surface area contributed by atoms with Crippen LogP contribution in [0.3, 0.4) is 0 Å². The van der Waals surface area contributed by atoms with Gasteiger partial charge in [0.1, 0.15) is 0 Å². The summed E-state index contributed by atoms with van der Waals surface area (Å²) in [5.41, 5.74) is 0. The second-order valence-corrected chi connectivity index (χ2v) is 3.86. The van der Waals surface area contributed by atoms with Crippen molar-refractivity contribution in [2.24, 2.45) is 0 Å². The highest BCUT2D eigenvalue weighted by molar-refractivity contribution is 8.02. The lowest BCUT2D eigenvalue weighted by Crippen LogP contribution is -1.73. The van der Waals surface area contributed by atoms with Crippen LogP contribution in [-0.4, -0.2) is 5.75 Å². The lowest BCUT2D eigenvalue weighted by molar-refractivity contribution is 0.675. The van der Waals surface area contributed by atoms with E-state index < -0.39 is 0 Å². The molecule has 0 amide bonds. The summed E-state index contributed by atoms with van der Waals surface area (Å²) >= 11 is 1.89. The predicted octanol–water partition coefficient (Wildman–Crippen LogP) is 4.22. The summed E-state index contributed by atoms with van der Waals surface area (Å²) < 4.78 is 0. The third-order valence-electron chi connectivity index (χ3n) is 1.58. The first-order chi connectivity index (χ1) is 5.41. The molecule has 0 fully saturated rings. The van der Waals surface area contributed by atoms with Crippen LogP contribution in [0.2, 0.25) is 0 Å². The van der Waals surface area contributed by atoms with Gasteiger partial charge < -0.3 is 0 Å². The molecule has 0 bridgehead atoms. The fourth-order valence-corrected chi connectivity index (χ4v) is 1.39. The second-order valence-electron chi connectivity index (χ2n) is 2.68. The first-order valence-electron chi connectivity index (χ1n) is 4.68. The molecule has 0 aliphatic carbocycles. The highest BCUT2D eigenvalue weighted by Gasteiger charge is 1.83. The smallest absolute Gasteiger partial charge is 0.00546 e. The topological polar surface area (TPSA) is 0 Å². The van der Waals surface area contributed by atoms with Crippen molar-refractivity contribution in [3.8, 4) is 0 Å². The molecule has 11 heavy (non-hydrogen) atoms. The third-order valence-corrected chi connectivity index (χ3v) is 2.30. The molecule has 0 nitrogen and oxygen atoms in total. The SMILES string of the molecule is CCCCCC/C=C\SCC. The van der Waals surface area contributed by atoms with Crippen LogP contribution in [0.1, 0.15) is 46.0 Å². The number of rotatable bonds is 7. The van der Waals surface area contributed by atoms with Crippen LogP contribution in [0.15, 0.2) is 11.5 Å². The van der Waals surface area contributed by atoms with Gasteiger partial charge in [-0.25, -0.2) is 0 Å². The molecule has 0 aromatic carbocycles. The highest BCUT2D eigenvalue weighted by Crippen LogP contribution is 2.06. The Labute approximate surface area is 75.5 Å². The maximum Gasteiger partial charge on any atom is -0.00546 e. The Morgan fingerprint density at radius 1 is 1.09 bits per heavy atom. The quantitative estimate of drug-likeness (QED) is 0.518. The van der Waals surface area contributed by atoms with Crippen molar-refractivity contribution < 1.29 is 0 Å². The number of unbranched alkanes of at least 4 members (excludes halogenated alkanes) is 4. The van der Waals surface area contributed by atoms with Crippen LogP contribution in [-0.2, 0) is 0 Å². The minimum Gasteiger partial charge on any atom is -0.135 e. The Bertz CT molecular complexity index is 86.9. The summed E-state index contributed by atoms with van der Waals surface area (Å²) in [5, 5.41) is 2.23. The summed E-state index contributed by atoms with van der Waals surface area (Å²) in [5.74, 6) is 1.20. The molecule has 66 valence electrons. The van der Waals surface area contributed by atoms with E-state index >= 15 is 0 Å². The summed E-state index contributed by atoms with van der Waals surface area (Å²) in [6.45, 7) is 4.44. The Morgan fingerprint density at radius 3 is 2.55 bits per heavy atom. The van der Waals surface area contributed by atoms with Gasteiger partial charge in [-0.2, -0.15) is 0 Å². The van der Waals surface area contributed by atoms with Gasteiger partial charge in [-0.05, 0) is 24.0 Å². The van der Waals surface area contributed by atoms with Crippen molar-refractivity contribution >= 4 is 11.8 Å². The average molecular weight is 172 g/mol. The van der Waals surface area contributed by atoms with E-state index in [1.165, 1.54) is 37.9 Å². The first kappa shape index (κ1) is 11.1. The van der Waals surface area contributed by atoms with Crippen LogP contribution in [0, 0.1) is 0 Å². The summed E-state index contributed by atoms with van der Waals surface area (Å²) in [7, 11) is 0. The van der Waals surface area contributed by atoms with Crippen molar-refractivity contribution in [2.75, 3.05) is 5.75 Å². The highest BCUT2D eigenvalue weighted by atomic mass is 32.2. The van der Waals surface area contributed by atoms with E-state index in [0.29, 0.717) is 0 Å². The zero-order valence-electron chi connectivity index (χ0n) is 7.81. The van der Waals surface area contributed by atoms with E-state index in [9.17, 15) is 0 Å². The maximum atomic E-state index is 2.30. The van der Waals surface area contributed by atoms with Gasteiger partial charge in [0.05, 0.1) is 0 Å². The Morgan fingerprint density at radius 2 is 1.91 bits per heavy atom. The Kier molecular flexibility index (Phi) is 10.2. The van der Waals surface area contributed by atoms with Gasteiger partial charge in [0.2, 0.25) is 0 Å². The van der Waals surface area contributed by atoms with Crippen molar-refractivity contribution in [1.29, 1.82) is 0 Å². The van der Waals surface area contributed by atoms with Gasteiger partial charge in [0.15, 0.2) is 0 Å². The Balaban J connectivity index is 2.89. The molecule has 0 aromatic heterocycles. The molecule has 0 aliphatic rings. The van der Waals surface area contributed by atoms with Gasteiger partial charge in [-0.3, -0.25) is 0 Å². The molecule has 0 saturated carbocycles. The van der Waals surface area contributed by atoms with Gasteiger partial charge in [-0.1, -0.05) is 39.2 Å². The monoisotopic (exact) mass is 172 g/mol.